The predicted octanol–water partition coefficient (Wildman–Crippen LogP) is 4.33. The Labute approximate surface area is 161 Å². The number of hydrogen-bond acceptors (Lipinski definition) is 3. The molecule has 11 heteroatoms. The first kappa shape index (κ1) is 22.7. The molecule has 0 saturated heterocycles. The molecule has 0 fully saturated rings. The number of carbonyl (C=O) groups is 1. The lowest BCUT2D eigenvalue weighted by molar-refractivity contribution is -0.376. The van der Waals surface area contributed by atoms with E-state index in [1.807, 2.05) is 0 Å². The quantitative estimate of drug-likeness (QED) is 0.678. The summed E-state index contributed by atoms with van der Waals surface area (Å²) in [6.45, 7) is 3.56. The van der Waals surface area contributed by atoms with Crippen molar-refractivity contribution in [3.05, 3.63) is 47.5 Å². The van der Waals surface area contributed by atoms with E-state index in [2.05, 4.69) is 4.98 Å². The van der Waals surface area contributed by atoms with Crippen molar-refractivity contribution in [1.29, 1.82) is 0 Å². The zero-order valence-electron chi connectivity index (χ0n) is 15.3. The normalized spacial score (nSPS) is 13.2. The SMILES string of the molecule is CC(C)c1ncc(CCC(=O)O)n1-c1ccc(C(O)(C(F)(F)F)C(F)(F)F)cc1. The van der Waals surface area contributed by atoms with Gasteiger partial charge in [0, 0.05) is 35.5 Å². The van der Waals surface area contributed by atoms with Gasteiger partial charge in [-0.1, -0.05) is 26.0 Å². The molecule has 2 rings (SSSR count). The number of aromatic nitrogens is 2. The van der Waals surface area contributed by atoms with Gasteiger partial charge >= 0.3 is 18.3 Å². The molecule has 0 bridgehead atoms. The van der Waals surface area contributed by atoms with Crippen molar-refractivity contribution < 1.29 is 41.4 Å². The molecule has 2 aromatic rings. The van der Waals surface area contributed by atoms with E-state index in [0.717, 1.165) is 12.1 Å². The molecule has 2 N–H and O–H groups in total. The number of rotatable bonds is 6. The molecular weight excluding hydrogens is 406 g/mol. The number of halogens is 6. The second kappa shape index (κ2) is 7.69. The second-order valence-corrected chi connectivity index (χ2v) is 6.74. The topological polar surface area (TPSA) is 75.3 Å². The summed E-state index contributed by atoms with van der Waals surface area (Å²) in [5, 5.41) is 18.3. The van der Waals surface area contributed by atoms with Gasteiger partial charge in [0.2, 0.25) is 0 Å². The molecule has 0 amide bonds. The van der Waals surface area contributed by atoms with Gasteiger partial charge in [-0.15, -0.1) is 0 Å². The van der Waals surface area contributed by atoms with Crippen LogP contribution in [0.1, 0.15) is 43.3 Å². The van der Waals surface area contributed by atoms with Crippen molar-refractivity contribution in [1.82, 2.24) is 9.55 Å². The third-order valence-corrected chi connectivity index (χ3v) is 4.34. The van der Waals surface area contributed by atoms with Crippen molar-refractivity contribution >= 4 is 5.97 Å². The van der Waals surface area contributed by atoms with Crippen LogP contribution in [0.25, 0.3) is 5.69 Å². The summed E-state index contributed by atoms with van der Waals surface area (Å²) in [4.78, 5) is 15.0. The third kappa shape index (κ3) is 4.24. The molecule has 0 spiro atoms. The Bertz CT molecular complexity index is 855. The molecule has 0 aliphatic heterocycles. The van der Waals surface area contributed by atoms with Crippen LogP contribution in [-0.2, 0) is 16.8 Å². The fraction of sp³-hybridized carbons (Fsp3) is 0.444. The van der Waals surface area contributed by atoms with Crippen LogP contribution in [0.2, 0.25) is 0 Å². The summed E-state index contributed by atoms with van der Waals surface area (Å²) in [6.07, 6.45) is -10.7. The average Bonchev–Trinajstić information content (AvgIpc) is 3.01. The highest BCUT2D eigenvalue weighted by molar-refractivity contribution is 5.67. The van der Waals surface area contributed by atoms with Gasteiger partial charge in [-0.3, -0.25) is 4.79 Å². The summed E-state index contributed by atoms with van der Waals surface area (Å²) < 4.78 is 79.7. The van der Waals surface area contributed by atoms with E-state index in [1.54, 1.807) is 13.8 Å². The molecule has 0 saturated carbocycles. The summed E-state index contributed by atoms with van der Waals surface area (Å²) in [5.74, 6) is -0.768. The molecule has 1 aromatic heterocycles. The van der Waals surface area contributed by atoms with E-state index in [1.165, 1.54) is 10.8 Å². The highest BCUT2D eigenvalue weighted by Crippen LogP contribution is 2.50. The largest absolute Gasteiger partial charge is 0.481 e. The third-order valence-electron chi connectivity index (χ3n) is 4.34. The average molecular weight is 424 g/mol. The van der Waals surface area contributed by atoms with Gasteiger partial charge in [0.1, 0.15) is 5.82 Å². The summed E-state index contributed by atoms with van der Waals surface area (Å²) in [5.41, 5.74) is -5.76. The molecule has 0 aliphatic carbocycles. The highest BCUT2D eigenvalue weighted by atomic mass is 19.4. The molecule has 160 valence electrons. The molecule has 1 aromatic carbocycles. The van der Waals surface area contributed by atoms with Crippen molar-refractivity contribution in [2.45, 2.75) is 50.6 Å². The Hall–Kier alpha value is -2.56. The first-order valence-electron chi connectivity index (χ1n) is 8.45. The Morgan fingerprint density at radius 2 is 1.59 bits per heavy atom. The molecule has 29 heavy (non-hydrogen) atoms. The maximum atomic E-state index is 13.0. The predicted molar refractivity (Wildman–Crippen MR) is 89.6 cm³/mol. The standard InChI is InChI=1S/C18H18F6N2O3/c1-10(2)15-25-9-13(7-8-14(27)28)26(15)12-5-3-11(4-6-12)16(29,17(19,20)21)18(22,23)24/h3-6,9-10,29H,7-8H2,1-2H3,(H,27,28). The van der Waals surface area contributed by atoms with Gasteiger partial charge in [0.25, 0.3) is 5.60 Å². The summed E-state index contributed by atoms with van der Waals surface area (Å²) in [7, 11) is 0. The Morgan fingerprint density at radius 3 is 2.00 bits per heavy atom. The van der Waals surface area contributed by atoms with Crippen molar-refractivity contribution in [3.8, 4) is 5.69 Å². The lowest BCUT2D eigenvalue weighted by atomic mass is 9.92. The van der Waals surface area contributed by atoms with Gasteiger partial charge in [0.05, 0.1) is 6.42 Å². The first-order valence-corrected chi connectivity index (χ1v) is 8.45. The van der Waals surface area contributed by atoms with E-state index in [-0.39, 0.29) is 24.4 Å². The van der Waals surface area contributed by atoms with Gasteiger partial charge in [-0.2, -0.15) is 26.3 Å². The van der Waals surface area contributed by atoms with Crippen LogP contribution in [0.15, 0.2) is 30.5 Å². The number of carboxylic acids is 1. The number of aliphatic carboxylic acids is 1. The minimum atomic E-state index is -5.97. The minimum Gasteiger partial charge on any atom is -0.481 e. The van der Waals surface area contributed by atoms with Gasteiger partial charge in [-0.05, 0) is 12.1 Å². The molecular formula is C18H18F6N2O3. The monoisotopic (exact) mass is 424 g/mol. The van der Waals surface area contributed by atoms with Crippen molar-refractivity contribution in [2.75, 3.05) is 0 Å². The van der Waals surface area contributed by atoms with Crippen LogP contribution in [0.4, 0.5) is 26.3 Å². The van der Waals surface area contributed by atoms with Crippen LogP contribution < -0.4 is 0 Å². The van der Waals surface area contributed by atoms with E-state index in [4.69, 9.17) is 5.11 Å². The lowest BCUT2D eigenvalue weighted by Gasteiger charge is -2.32. The summed E-state index contributed by atoms with van der Waals surface area (Å²) in [6, 6.07) is 3.08. The maximum absolute atomic E-state index is 13.0. The molecule has 0 aliphatic rings. The molecule has 0 unspecified atom stereocenters. The number of imidazole rings is 1. The Morgan fingerprint density at radius 1 is 1.07 bits per heavy atom. The number of aryl methyl sites for hydroxylation is 1. The first-order chi connectivity index (χ1) is 13.2. The number of hydrogen-bond donors (Lipinski definition) is 2. The maximum Gasteiger partial charge on any atom is 0.430 e. The fourth-order valence-electron chi connectivity index (χ4n) is 2.86. The number of carboxylic acid groups (broad SMARTS) is 1. The zero-order valence-corrected chi connectivity index (χ0v) is 15.3. The molecule has 0 atom stereocenters. The molecule has 0 radical (unpaired) electrons. The number of aliphatic hydroxyl groups is 1. The van der Waals surface area contributed by atoms with Crippen LogP contribution in [0.3, 0.4) is 0 Å². The Balaban J connectivity index is 2.55. The number of benzene rings is 1. The van der Waals surface area contributed by atoms with Crippen molar-refractivity contribution in [3.63, 3.8) is 0 Å². The van der Waals surface area contributed by atoms with Crippen LogP contribution >= 0.6 is 0 Å². The highest BCUT2D eigenvalue weighted by Gasteiger charge is 2.71. The van der Waals surface area contributed by atoms with Gasteiger partial charge < -0.3 is 14.8 Å². The summed E-state index contributed by atoms with van der Waals surface area (Å²) >= 11 is 0. The zero-order chi connectivity index (χ0) is 22.2. The van der Waals surface area contributed by atoms with Crippen LogP contribution in [0.5, 0.6) is 0 Å². The van der Waals surface area contributed by atoms with E-state index in [9.17, 15) is 36.2 Å². The van der Waals surface area contributed by atoms with E-state index < -0.39 is 29.5 Å². The van der Waals surface area contributed by atoms with Gasteiger partial charge in [-0.25, -0.2) is 4.98 Å². The Kier molecular flexibility index (Phi) is 6.03. The minimum absolute atomic E-state index is 0.0614. The van der Waals surface area contributed by atoms with E-state index in [0.29, 0.717) is 23.7 Å². The molecule has 5 nitrogen and oxygen atoms in total. The lowest BCUT2D eigenvalue weighted by Crippen LogP contribution is -2.53. The van der Waals surface area contributed by atoms with Crippen molar-refractivity contribution in [2.24, 2.45) is 0 Å². The molecule has 1 heterocycles. The smallest absolute Gasteiger partial charge is 0.430 e. The van der Waals surface area contributed by atoms with Crippen LogP contribution in [0, 0.1) is 0 Å². The van der Waals surface area contributed by atoms with Crippen LogP contribution in [-0.4, -0.2) is 38.1 Å². The second-order valence-electron chi connectivity index (χ2n) is 6.74. The fourth-order valence-corrected chi connectivity index (χ4v) is 2.86. The van der Waals surface area contributed by atoms with Gasteiger partial charge in [0.15, 0.2) is 0 Å². The van der Waals surface area contributed by atoms with E-state index >= 15 is 0 Å². The number of nitrogens with zero attached hydrogens (tertiary/aromatic N) is 2. The number of alkyl halides is 6.